The van der Waals surface area contributed by atoms with Crippen LogP contribution < -0.4 is 20.5 Å². The second kappa shape index (κ2) is 16.0. The van der Waals surface area contributed by atoms with Gasteiger partial charge in [0.15, 0.2) is 0 Å². The van der Waals surface area contributed by atoms with E-state index in [1.54, 1.807) is 49.4 Å². The molecule has 1 saturated heterocycles. The first-order valence-electron chi connectivity index (χ1n) is 13.1. The largest absolute Gasteiger partial charge is 0.491 e. The third-order valence-corrected chi connectivity index (χ3v) is 6.21. The molecule has 0 radical (unpaired) electrons. The summed E-state index contributed by atoms with van der Waals surface area (Å²) in [5.74, 6) is -2.30. The summed E-state index contributed by atoms with van der Waals surface area (Å²) >= 11 is 0. The number of benzene rings is 2. The number of rotatable bonds is 11. The second-order valence-electron chi connectivity index (χ2n) is 9.45. The van der Waals surface area contributed by atoms with Crippen molar-refractivity contribution in [3.8, 4) is 11.5 Å². The van der Waals surface area contributed by atoms with Gasteiger partial charge in [-0.3, -0.25) is 20.4 Å². The molecule has 1 heterocycles. The van der Waals surface area contributed by atoms with Gasteiger partial charge < -0.3 is 35.6 Å². The number of nitrogen functional groups attached to an aromatic ring is 1. The third kappa shape index (κ3) is 11.9. The molecule has 43 heavy (non-hydrogen) atoms. The monoisotopic (exact) mass is 609 g/mol. The van der Waals surface area contributed by atoms with Crippen LogP contribution in [0.2, 0.25) is 0 Å². The van der Waals surface area contributed by atoms with E-state index in [4.69, 9.17) is 41.0 Å². The zero-order valence-corrected chi connectivity index (χ0v) is 23.4. The number of nitrogens with one attached hydrogen (secondary N) is 3. The number of carbonyl (C=O) groups is 3. The number of ether oxygens (including phenoxy) is 2. The van der Waals surface area contributed by atoms with Gasteiger partial charge in [0.05, 0.1) is 12.4 Å². The van der Waals surface area contributed by atoms with Crippen molar-refractivity contribution >= 4 is 29.5 Å². The van der Waals surface area contributed by atoms with Gasteiger partial charge in [0.25, 0.3) is 5.91 Å². The number of alkyl halides is 3. The van der Waals surface area contributed by atoms with E-state index in [2.05, 4.69) is 5.32 Å². The lowest BCUT2D eigenvalue weighted by molar-refractivity contribution is -0.192. The molecule has 1 aliphatic heterocycles. The van der Waals surface area contributed by atoms with Crippen LogP contribution in [0.15, 0.2) is 42.5 Å². The Hall–Kier alpha value is -4.82. The van der Waals surface area contributed by atoms with E-state index in [-0.39, 0.29) is 43.8 Å². The number of carboxylic acids is 2. The molecular weight excluding hydrogens is 575 g/mol. The van der Waals surface area contributed by atoms with Crippen LogP contribution in [0.4, 0.5) is 13.2 Å². The van der Waals surface area contributed by atoms with E-state index in [0.29, 0.717) is 34.0 Å². The smallest absolute Gasteiger partial charge is 0.490 e. The molecule has 1 fully saturated rings. The molecule has 2 aromatic carbocycles. The van der Waals surface area contributed by atoms with Crippen molar-refractivity contribution in [2.75, 3.05) is 26.2 Å². The molecular formula is C28H34F3N5O7. The summed E-state index contributed by atoms with van der Waals surface area (Å²) < 4.78 is 43.5. The predicted molar refractivity (Wildman–Crippen MR) is 150 cm³/mol. The summed E-state index contributed by atoms with van der Waals surface area (Å²) in [7, 11) is 0. The van der Waals surface area contributed by atoms with Crippen molar-refractivity contribution in [3.63, 3.8) is 0 Å². The Labute approximate surface area is 245 Å². The quantitative estimate of drug-likeness (QED) is 0.126. The van der Waals surface area contributed by atoms with Crippen LogP contribution in [0, 0.1) is 10.8 Å². The normalized spacial score (nSPS) is 13.3. The SMILES string of the molecule is CC(=N)N1CCC(Oc2ccc(C(=O)NCCOc3cc(C(=N)N)ccc3CCC(=O)O)cc2)CC1.O=C(O)C(F)(F)F. The van der Waals surface area contributed by atoms with Crippen LogP contribution >= 0.6 is 0 Å². The highest BCUT2D eigenvalue weighted by atomic mass is 19.4. The predicted octanol–water partition coefficient (Wildman–Crippen LogP) is 3.27. The maximum Gasteiger partial charge on any atom is 0.490 e. The summed E-state index contributed by atoms with van der Waals surface area (Å²) in [6.07, 6.45) is -3.04. The Bertz CT molecular complexity index is 1290. The molecule has 0 aromatic heterocycles. The lowest BCUT2D eigenvalue weighted by Gasteiger charge is -2.32. The van der Waals surface area contributed by atoms with Crippen molar-refractivity contribution in [3.05, 3.63) is 59.2 Å². The molecule has 1 aliphatic rings. The lowest BCUT2D eigenvalue weighted by Crippen LogP contribution is -2.40. The first-order valence-corrected chi connectivity index (χ1v) is 13.1. The number of aryl methyl sites for hydroxylation is 1. The minimum Gasteiger partial charge on any atom is -0.491 e. The van der Waals surface area contributed by atoms with Gasteiger partial charge in [-0.15, -0.1) is 0 Å². The highest BCUT2D eigenvalue weighted by Crippen LogP contribution is 2.23. The Morgan fingerprint density at radius 1 is 1.05 bits per heavy atom. The van der Waals surface area contributed by atoms with Crippen LogP contribution in [0.5, 0.6) is 11.5 Å². The van der Waals surface area contributed by atoms with Gasteiger partial charge in [0.2, 0.25) is 0 Å². The third-order valence-electron chi connectivity index (χ3n) is 6.21. The minimum atomic E-state index is -5.08. The van der Waals surface area contributed by atoms with Gasteiger partial charge in [0.1, 0.15) is 30.0 Å². The molecule has 0 unspecified atom stereocenters. The number of halogens is 3. The van der Waals surface area contributed by atoms with E-state index in [9.17, 15) is 22.8 Å². The summed E-state index contributed by atoms with van der Waals surface area (Å²) in [5, 5.41) is 34.2. The molecule has 2 aromatic rings. The average molecular weight is 610 g/mol. The number of carboxylic acid groups (broad SMARTS) is 2. The van der Waals surface area contributed by atoms with Crippen molar-refractivity contribution < 1.29 is 47.2 Å². The van der Waals surface area contributed by atoms with Gasteiger partial charge in [-0.05, 0) is 49.2 Å². The first-order chi connectivity index (χ1) is 20.2. The number of hydrogen-bond donors (Lipinski definition) is 6. The van der Waals surface area contributed by atoms with Crippen LogP contribution in [0.25, 0.3) is 0 Å². The number of amides is 1. The van der Waals surface area contributed by atoms with E-state index >= 15 is 0 Å². The summed E-state index contributed by atoms with van der Waals surface area (Å²) in [6.45, 7) is 3.82. The Morgan fingerprint density at radius 3 is 2.14 bits per heavy atom. The number of carbonyl (C=O) groups excluding carboxylic acids is 1. The maximum absolute atomic E-state index is 12.5. The van der Waals surface area contributed by atoms with Crippen molar-refractivity contribution in [2.24, 2.45) is 5.73 Å². The Balaban J connectivity index is 0.000000821. The number of aliphatic carboxylic acids is 2. The number of nitrogens with two attached hydrogens (primary N) is 1. The molecule has 0 saturated carbocycles. The molecule has 1 amide bonds. The lowest BCUT2D eigenvalue weighted by atomic mass is 10.1. The number of likely N-dealkylation sites (tertiary alicyclic amines) is 1. The maximum atomic E-state index is 12.5. The van der Waals surface area contributed by atoms with Crippen LogP contribution in [0.1, 0.15) is 47.7 Å². The molecule has 234 valence electrons. The van der Waals surface area contributed by atoms with Gasteiger partial charge in [-0.25, -0.2) is 4.79 Å². The highest BCUT2D eigenvalue weighted by molar-refractivity contribution is 5.95. The second-order valence-corrected chi connectivity index (χ2v) is 9.45. The van der Waals surface area contributed by atoms with E-state index in [1.807, 2.05) is 4.90 Å². The summed E-state index contributed by atoms with van der Waals surface area (Å²) in [5.41, 5.74) is 7.22. The van der Waals surface area contributed by atoms with E-state index in [1.165, 1.54) is 0 Å². The highest BCUT2D eigenvalue weighted by Gasteiger charge is 2.38. The molecule has 0 atom stereocenters. The molecule has 15 heteroatoms. The topological polar surface area (TPSA) is 199 Å². The standard InChI is InChI=1S/C26H33N5O5.C2HF3O2/c1-17(27)31-13-10-22(11-14-31)36-21-7-4-19(5-8-21)26(34)30-12-15-35-23-16-20(25(28)29)3-2-18(23)6-9-24(32)33;3-2(4,5)1(6)7/h2-5,7-8,16,22,27H,6,9-15H2,1H3,(H3,28,29)(H,30,34)(H,32,33);(H,6,7). The number of hydrogen-bond acceptors (Lipinski definition) is 7. The molecule has 7 N–H and O–H groups in total. The molecule has 0 bridgehead atoms. The minimum absolute atomic E-state index is 0.0468. The van der Waals surface area contributed by atoms with Crippen LogP contribution in [-0.2, 0) is 16.0 Å². The number of amidine groups is 2. The van der Waals surface area contributed by atoms with Crippen molar-refractivity contribution in [2.45, 2.75) is 44.9 Å². The molecule has 12 nitrogen and oxygen atoms in total. The number of nitrogens with zero attached hydrogens (tertiary/aromatic N) is 1. The van der Waals surface area contributed by atoms with Crippen molar-refractivity contribution in [1.82, 2.24) is 10.2 Å². The van der Waals surface area contributed by atoms with Crippen LogP contribution in [-0.4, -0.2) is 83.2 Å². The fraction of sp³-hybridized carbons (Fsp3) is 0.393. The Kier molecular flexibility index (Phi) is 12.8. The molecule has 3 rings (SSSR count). The summed E-state index contributed by atoms with van der Waals surface area (Å²) in [4.78, 5) is 34.4. The van der Waals surface area contributed by atoms with E-state index in [0.717, 1.165) is 25.9 Å². The number of piperidine rings is 1. The fourth-order valence-corrected chi connectivity index (χ4v) is 3.92. The molecule has 0 spiro atoms. The zero-order chi connectivity index (χ0) is 32.2. The fourth-order valence-electron chi connectivity index (χ4n) is 3.92. The van der Waals surface area contributed by atoms with Crippen LogP contribution in [0.3, 0.4) is 0 Å². The van der Waals surface area contributed by atoms with Crippen molar-refractivity contribution in [1.29, 1.82) is 10.8 Å². The van der Waals surface area contributed by atoms with E-state index < -0.39 is 18.1 Å². The average Bonchev–Trinajstić information content (AvgIpc) is 2.94. The zero-order valence-electron chi connectivity index (χ0n) is 23.4. The first kappa shape index (κ1) is 34.4. The Morgan fingerprint density at radius 2 is 1.63 bits per heavy atom. The molecule has 0 aliphatic carbocycles. The van der Waals surface area contributed by atoms with Gasteiger partial charge in [-0.2, -0.15) is 13.2 Å². The van der Waals surface area contributed by atoms with Gasteiger partial charge in [-0.1, -0.05) is 12.1 Å². The van der Waals surface area contributed by atoms with Gasteiger partial charge >= 0.3 is 18.1 Å². The van der Waals surface area contributed by atoms with Gasteiger partial charge in [0, 0.05) is 43.5 Å². The summed E-state index contributed by atoms with van der Waals surface area (Å²) in [6, 6.07) is 11.9.